The maximum Gasteiger partial charge on any atom is 0.231 e. The fraction of sp³-hybridized carbons (Fsp3) is 0.640. The van der Waals surface area contributed by atoms with E-state index in [4.69, 9.17) is 26.8 Å². The van der Waals surface area contributed by atoms with Crippen molar-refractivity contribution < 1.29 is 19.1 Å². The number of nitrogens with zero attached hydrogens (tertiary/aromatic N) is 2. The summed E-state index contributed by atoms with van der Waals surface area (Å²) in [5.41, 5.74) is 6.15. The Morgan fingerprint density at radius 2 is 2.12 bits per heavy atom. The minimum atomic E-state index is -0.520. The van der Waals surface area contributed by atoms with Gasteiger partial charge in [-0.15, -0.1) is 0 Å². The van der Waals surface area contributed by atoms with Gasteiger partial charge in [0.1, 0.15) is 11.4 Å². The largest absolute Gasteiger partial charge is 0.486 e. The molecule has 0 bridgehead atoms. The molecule has 1 aromatic rings. The van der Waals surface area contributed by atoms with Gasteiger partial charge in [-0.05, 0) is 52.5 Å². The number of hydrogen-bond donors (Lipinski definition) is 2. The number of guanidine groups is 1. The summed E-state index contributed by atoms with van der Waals surface area (Å²) < 4.78 is 11.4. The van der Waals surface area contributed by atoms with Gasteiger partial charge < -0.3 is 20.5 Å². The predicted molar refractivity (Wildman–Crippen MR) is 131 cm³/mol. The number of fused-ring (bicyclic) bond motifs is 1. The van der Waals surface area contributed by atoms with Crippen LogP contribution < -0.4 is 15.8 Å². The van der Waals surface area contributed by atoms with Gasteiger partial charge in [0, 0.05) is 37.7 Å². The number of hydrogen-bond acceptors (Lipinski definition) is 6. The molecule has 1 fully saturated rings. The van der Waals surface area contributed by atoms with Crippen LogP contribution in [0.1, 0.15) is 65.0 Å². The number of rotatable bonds is 7. The van der Waals surface area contributed by atoms with Gasteiger partial charge >= 0.3 is 0 Å². The molecule has 1 aromatic carbocycles. The van der Waals surface area contributed by atoms with Crippen molar-refractivity contribution in [1.82, 2.24) is 10.2 Å². The van der Waals surface area contributed by atoms with E-state index in [1.165, 1.54) is 0 Å². The normalized spacial score (nSPS) is 27.8. The highest BCUT2D eigenvalue weighted by molar-refractivity contribution is 6.32. The van der Waals surface area contributed by atoms with Crippen molar-refractivity contribution in [2.75, 3.05) is 13.7 Å². The van der Waals surface area contributed by atoms with Crippen LogP contribution in [0, 0.1) is 11.8 Å². The average molecular weight is 491 g/mol. The summed E-state index contributed by atoms with van der Waals surface area (Å²) in [6.07, 6.45) is 2.21. The lowest BCUT2D eigenvalue weighted by Gasteiger charge is -2.39. The standard InChI is InChI=1S/C25H35ClN4O4/c1-24(2)13-20(31)30(23(27)29-24)19(9-10-33-5)15-11-16(15)22(32)28-18-12-25(3,4)34-21-14(18)7-6-8-17(21)26/h6-8,15-16,18-19H,9-13H2,1-5H3,(H2,27,29)(H,28,32)/t15-,16-,18?,19+/m0/s1. The summed E-state index contributed by atoms with van der Waals surface area (Å²) in [4.78, 5) is 32.4. The van der Waals surface area contributed by atoms with E-state index >= 15 is 0 Å². The predicted octanol–water partition coefficient (Wildman–Crippen LogP) is 3.43. The molecule has 34 heavy (non-hydrogen) atoms. The Labute approximate surface area is 206 Å². The van der Waals surface area contributed by atoms with Crippen LogP contribution >= 0.6 is 11.6 Å². The highest BCUT2D eigenvalue weighted by atomic mass is 35.5. The highest BCUT2D eigenvalue weighted by Crippen LogP contribution is 2.47. The van der Waals surface area contributed by atoms with Gasteiger partial charge in [-0.25, -0.2) is 4.99 Å². The van der Waals surface area contributed by atoms with Gasteiger partial charge in [0.05, 0.1) is 23.0 Å². The topological polar surface area (TPSA) is 106 Å². The molecule has 0 saturated heterocycles. The first kappa shape index (κ1) is 24.8. The molecule has 0 spiro atoms. The van der Waals surface area contributed by atoms with Crippen molar-refractivity contribution in [3.63, 3.8) is 0 Å². The maximum absolute atomic E-state index is 13.3. The fourth-order valence-electron chi connectivity index (χ4n) is 5.29. The zero-order valence-electron chi connectivity index (χ0n) is 20.6. The van der Waals surface area contributed by atoms with Crippen molar-refractivity contribution >= 4 is 29.4 Å². The molecular weight excluding hydrogens is 456 g/mol. The first-order valence-electron chi connectivity index (χ1n) is 11.9. The fourth-order valence-corrected chi connectivity index (χ4v) is 5.51. The third-order valence-electron chi connectivity index (χ3n) is 6.90. The highest BCUT2D eigenvalue weighted by Gasteiger charge is 2.52. The van der Waals surface area contributed by atoms with Crippen LogP contribution in [0.2, 0.25) is 5.02 Å². The third-order valence-corrected chi connectivity index (χ3v) is 7.20. The number of halogens is 1. The van der Waals surface area contributed by atoms with Gasteiger partial charge in [-0.2, -0.15) is 0 Å². The van der Waals surface area contributed by atoms with Gasteiger partial charge in [-0.3, -0.25) is 14.5 Å². The van der Waals surface area contributed by atoms with Crippen LogP contribution in [0.15, 0.2) is 23.2 Å². The van der Waals surface area contributed by atoms with E-state index in [1.807, 2.05) is 39.8 Å². The summed E-state index contributed by atoms with van der Waals surface area (Å²) >= 11 is 6.38. The smallest absolute Gasteiger partial charge is 0.231 e. The number of aliphatic imine (C=N–C) groups is 1. The summed E-state index contributed by atoms with van der Waals surface area (Å²) in [5, 5.41) is 3.76. The van der Waals surface area contributed by atoms with E-state index in [1.54, 1.807) is 18.1 Å². The first-order valence-corrected chi connectivity index (χ1v) is 12.2. The van der Waals surface area contributed by atoms with E-state index in [-0.39, 0.29) is 48.1 Å². The van der Waals surface area contributed by atoms with Crippen molar-refractivity contribution in [2.45, 2.75) is 76.6 Å². The van der Waals surface area contributed by atoms with Crippen LogP contribution in [0.5, 0.6) is 5.75 Å². The molecule has 2 aliphatic heterocycles. The molecule has 186 valence electrons. The molecule has 0 aromatic heterocycles. The molecule has 3 N–H and O–H groups in total. The molecule has 1 unspecified atom stereocenters. The van der Waals surface area contributed by atoms with Gasteiger partial charge in [0.25, 0.3) is 0 Å². The SMILES string of the molecule is COCC[C@H]([C@H]1C[C@@H]1C(=O)NC1CC(C)(C)Oc2c(Cl)cccc21)N1C(=O)CC(C)(C)N=C1N. The molecule has 3 aliphatic rings. The Morgan fingerprint density at radius 3 is 2.79 bits per heavy atom. The van der Waals surface area contributed by atoms with E-state index in [2.05, 4.69) is 10.3 Å². The van der Waals surface area contributed by atoms with E-state index in [0.29, 0.717) is 36.6 Å². The quantitative estimate of drug-likeness (QED) is 0.609. The second kappa shape index (κ2) is 9.04. The molecule has 4 rings (SSSR count). The molecule has 0 radical (unpaired) electrons. The zero-order chi connectivity index (χ0) is 24.8. The van der Waals surface area contributed by atoms with Crippen molar-refractivity contribution in [2.24, 2.45) is 22.6 Å². The molecule has 1 aliphatic carbocycles. The first-order chi connectivity index (χ1) is 15.9. The molecular formula is C25H35ClN4O4. The van der Waals surface area contributed by atoms with Gasteiger partial charge in [0.15, 0.2) is 5.96 Å². The van der Waals surface area contributed by atoms with Crippen LogP contribution in [0.4, 0.5) is 0 Å². The van der Waals surface area contributed by atoms with Crippen LogP contribution in [-0.2, 0) is 14.3 Å². The number of ether oxygens (including phenoxy) is 2. The number of methoxy groups -OCH3 is 1. The number of carbonyl (C=O) groups excluding carboxylic acids is 2. The zero-order valence-corrected chi connectivity index (χ0v) is 21.3. The number of carbonyl (C=O) groups is 2. The Morgan fingerprint density at radius 1 is 1.38 bits per heavy atom. The summed E-state index contributed by atoms with van der Waals surface area (Å²) in [6, 6.07) is 5.18. The lowest BCUT2D eigenvalue weighted by atomic mass is 9.89. The Bertz CT molecular complexity index is 1010. The number of amides is 2. The van der Waals surface area contributed by atoms with E-state index < -0.39 is 11.1 Å². The summed E-state index contributed by atoms with van der Waals surface area (Å²) in [7, 11) is 1.63. The number of benzene rings is 1. The van der Waals surface area contributed by atoms with Crippen molar-refractivity contribution in [1.29, 1.82) is 0 Å². The summed E-state index contributed by atoms with van der Waals surface area (Å²) in [6.45, 7) is 8.24. The van der Waals surface area contributed by atoms with Crippen molar-refractivity contribution in [3.05, 3.63) is 28.8 Å². The lowest BCUT2D eigenvalue weighted by molar-refractivity contribution is -0.132. The van der Waals surface area contributed by atoms with Gasteiger partial charge in [-0.1, -0.05) is 23.7 Å². The third kappa shape index (κ3) is 5.03. The average Bonchev–Trinajstić information content (AvgIpc) is 3.50. The number of nitrogens with two attached hydrogens (primary N) is 1. The van der Waals surface area contributed by atoms with Crippen LogP contribution in [0.25, 0.3) is 0 Å². The number of nitrogens with one attached hydrogen (secondary N) is 1. The Balaban J connectivity index is 1.51. The second-order valence-electron chi connectivity index (χ2n) is 10.9. The van der Waals surface area contributed by atoms with Crippen molar-refractivity contribution in [3.8, 4) is 5.75 Å². The molecule has 9 heteroatoms. The second-order valence-corrected chi connectivity index (χ2v) is 11.3. The number of para-hydroxylation sites is 1. The van der Waals surface area contributed by atoms with E-state index in [0.717, 1.165) is 5.56 Å². The van der Waals surface area contributed by atoms with Crippen LogP contribution in [-0.4, -0.2) is 53.6 Å². The minimum Gasteiger partial charge on any atom is -0.486 e. The van der Waals surface area contributed by atoms with E-state index in [9.17, 15) is 9.59 Å². The van der Waals surface area contributed by atoms with Gasteiger partial charge in [0.2, 0.25) is 11.8 Å². The molecule has 8 nitrogen and oxygen atoms in total. The monoisotopic (exact) mass is 490 g/mol. The Hall–Kier alpha value is -2.32. The molecule has 1 saturated carbocycles. The minimum absolute atomic E-state index is 0.000690. The lowest BCUT2D eigenvalue weighted by Crippen LogP contribution is -2.55. The maximum atomic E-state index is 13.3. The Kier molecular flexibility index (Phi) is 6.59. The molecule has 2 amide bonds. The molecule has 4 atom stereocenters. The molecule has 2 heterocycles. The van der Waals surface area contributed by atoms with Crippen LogP contribution in [0.3, 0.4) is 0 Å². The summed E-state index contributed by atoms with van der Waals surface area (Å²) in [5.74, 6) is 0.567.